The molecule has 0 aliphatic rings. The van der Waals surface area contributed by atoms with Gasteiger partial charge < -0.3 is 0 Å². The number of aryl methyl sites for hydroxylation is 2. The molecular weight excluding hydrogens is 242 g/mol. The fraction of sp³-hybridized carbons (Fsp3) is 0.500. The zero-order chi connectivity index (χ0) is 10.7. The summed E-state index contributed by atoms with van der Waals surface area (Å²) in [6.45, 7) is 4.65. The van der Waals surface area contributed by atoms with Gasteiger partial charge in [-0.3, -0.25) is 10.00 Å². The van der Waals surface area contributed by atoms with Gasteiger partial charge in [0.1, 0.15) is 0 Å². The molecular formula is C10H14BrN3. The summed E-state index contributed by atoms with van der Waals surface area (Å²) >= 11 is 3.50. The average molecular weight is 256 g/mol. The van der Waals surface area contributed by atoms with Crippen LogP contribution in [0, 0.1) is 19.3 Å². The van der Waals surface area contributed by atoms with Crippen LogP contribution < -0.4 is 5.32 Å². The molecule has 3 nitrogen and oxygen atoms in total. The Morgan fingerprint density at radius 2 is 2.36 bits per heavy atom. The highest BCUT2D eigenvalue weighted by Gasteiger charge is 2.10. The molecule has 1 aromatic heterocycles. The van der Waals surface area contributed by atoms with Gasteiger partial charge in [0.15, 0.2) is 0 Å². The summed E-state index contributed by atoms with van der Waals surface area (Å²) < 4.78 is 2.91. The van der Waals surface area contributed by atoms with Crippen LogP contribution in [0.15, 0.2) is 4.47 Å². The molecule has 1 N–H and O–H groups in total. The van der Waals surface area contributed by atoms with Crippen LogP contribution in [0.5, 0.6) is 0 Å². The van der Waals surface area contributed by atoms with Crippen molar-refractivity contribution in [1.82, 2.24) is 15.1 Å². The maximum Gasteiger partial charge on any atom is 0.0739 e. The quantitative estimate of drug-likeness (QED) is 0.832. The zero-order valence-electron chi connectivity index (χ0n) is 8.63. The third-order valence-corrected chi connectivity index (χ3v) is 3.12. The van der Waals surface area contributed by atoms with Crippen molar-refractivity contribution in [2.24, 2.45) is 7.05 Å². The molecule has 0 saturated heterocycles. The lowest BCUT2D eigenvalue weighted by molar-refractivity contribution is 0.598. The van der Waals surface area contributed by atoms with Crippen molar-refractivity contribution in [2.45, 2.75) is 26.4 Å². The Morgan fingerprint density at radius 1 is 1.71 bits per heavy atom. The molecule has 76 valence electrons. The van der Waals surface area contributed by atoms with E-state index in [0.29, 0.717) is 0 Å². The number of nitrogens with zero attached hydrogens (tertiary/aromatic N) is 2. The molecule has 1 rings (SSSR count). The predicted molar refractivity (Wildman–Crippen MR) is 60.8 cm³/mol. The molecule has 0 amide bonds. The number of hydrogen-bond donors (Lipinski definition) is 1. The lowest BCUT2D eigenvalue weighted by Crippen LogP contribution is -2.24. The molecule has 0 aromatic carbocycles. The Balaban J connectivity index is 2.73. The van der Waals surface area contributed by atoms with Crippen LogP contribution in [0.3, 0.4) is 0 Å². The maximum absolute atomic E-state index is 5.27. The standard InChI is InChI=1S/C10H14BrN3/c1-5-7(2)12-6-9-10(11)8(3)13-14(9)4/h1,7,12H,6H2,2-4H3. The molecule has 0 radical (unpaired) electrons. The van der Waals surface area contributed by atoms with E-state index in [9.17, 15) is 0 Å². The van der Waals surface area contributed by atoms with Gasteiger partial charge in [-0.1, -0.05) is 5.92 Å². The van der Waals surface area contributed by atoms with E-state index >= 15 is 0 Å². The van der Waals surface area contributed by atoms with Gasteiger partial charge in [-0.05, 0) is 29.8 Å². The van der Waals surface area contributed by atoms with E-state index in [1.807, 2.05) is 25.6 Å². The third-order valence-electron chi connectivity index (χ3n) is 2.09. The molecule has 1 atom stereocenters. The van der Waals surface area contributed by atoms with Gasteiger partial charge >= 0.3 is 0 Å². The van der Waals surface area contributed by atoms with E-state index in [4.69, 9.17) is 6.42 Å². The van der Waals surface area contributed by atoms with Crippen molar-refractivity contribution in [3.05, 3.63) is 15.9 Å². The Kier molecular flexibility index (Phi) is 3.73. The molecule has 4 heteroatoms. The SMILES string of the molecule is C#CC(C)NCc1c(Br)c(C)nn1C. The van der Waals surface area contributed by atoms with Crippen molar-refractivity contribution in [3.8, 4) is 12.3 Å². The third kappa shape index (κ3) is 2.37. The summed E-state index contributed by atoms with van der Waals surface area (Å²) in [5, 5.41) is 7.51. The molecule has 0 saturated carbocycles. The highest BCUT2D eigenvalue weighted by Crippen LogP contribution is 2.19. The minimum Gasteiger partial charge on any atom is -0.298 e. The normalized spacial score (nSPS) is 12.5. The first-order chi connectivity index (χ1) is 6.56. The van der Waals surface area contributed by atoms with Crippen molar-refractivity contribution in [3.63, 3.8) is 0 Å². The van der Waals surface area contributed by atoms with Crippen LogP contribution >= 0.6 is 15.9 Å². The van der Waals surface area contributed by atoms with Crippen LogP contribution in [0.2, 0.25) is 0 Å². The minimum absolute atomic E-state index is 0.0807. The second kappa shape index (κ2) is 4.63. The van der Waals surface area contributed by atoms with E-state index in [-0.39, 0.29) is 6.04 Å². The Bertz CT molecular complexity index is 362. The highest BCUT2D eigenvalue weighted by atomic mass is 79.9. The van der Waals surface area contributed by atoms with Gasteiger partial charge in [-0.2, -0.15) is 5.10 Å². The van der Waals surface area contributed by atoms with Crippen LogP contribution in [0.25, 0.3) is 0 Å². The average Bonchev–Trinajstić information content (AvgIpc) is 2.39. The Morgan fingerprint density at radius 3 is 2.79 bits per heavy atom. The van der Waals surface area contributed by atoms with Crippen LogP contribution in [-0.2, 0) is 13.6 Å². The van der Waals surface area contributed by atoms with Gasteiger partial charge in [0.2, 0.25) is 0 Å². The van der Waals surface area contributed by atoms with E-state index in [1.54, 1.807) is 0 Å². The minimum atomic E-state index is 0.0807. The smallest absolute Gasteiger partial charge is 0.0739 e. The largest absolute Gasteiger partial charge is 0.298 e. The number of hydrogen-bond acceptors (Lipinski definition) is 2. The van der Waals surface area contributed by atoms with Crippen molar-refractivity contribution < 1.29 is 0 Å². The van der Waals surface area contributed by atoms with Gasteiger partial charge in [-0.25, -0.2) is 0 Å². The lowest BCUT2D eigenvalue weighted by Gasteiger charge is -2.07. The van der Waals surface area contributed by atoms with Crippen LogP contribution in [-0.4, -0.2) is 15.8 Å². The second-order valence-corrected chi connectivity index (χ2v) is 4.03. The number of aromatic nitrogens is 2. The molecule has 14 heavy (non-hydrogen) atoms. The van der Waals surface area contributed by atoms with Crippen molar-refractivity contribution in [2.75, 3.05) is 0 Å². The summed E-state index contributed by atoms with van der Waals surface area (Å²) in [6.07, 6.45) is 5.27. The zero-order valence-corrected chi connectivity index (χ0v) is 10.2. The molecule has 0 aliphatic carbocycles. The van der Waals surface area contributed by atoms with Gasteiger partial charge in [0.25, 0.3) is 0 Å². The monoisotopic (exact) mass is 255 g/mol. The van der Waals surface area contributed by atoms with Gasteiger partial charge in [0.05, 0.1) is 21.9 Å². The first-order valence-corrected chi connectivity index (χ1v) is 5.23. The van der Waals surface area contributed by atoms with E-state index in [0.717, 1.165) is 22.4 Å². The summed E-state index contributed by atoms with van der Waals surface area (Å²) in [7, 11) is 1.93. The molecule has 0 aliphatic heterocycles. The first-order valence-electron chi connectivity index (χ1n) is 4.43. The Labute approximate surface area is 93.0 Å². The first kappa shape index (κ1) is 11.3. The summed E-state index contributed by atoms with van der Waals surface area (Å²) in [4.78, 5) is 0. The van der Waals surface area contributed by atoms with Crippen LogP contribution in [0.4, 0.5) is 0 Å². The topological polar surface area (TPSA) is 29.9 Å². The number of terminal acetylenes is 1. The summed E-state index contributed by atoms with van der Waals surface area (Å²) in [5.74, 6) is 2.62. The molecule has 1 unspecified atom stereocenters. The Hall–Kier alpha value is -0.790. The maximum atomic E-state index is 5.27. The molecule has 0 bridgehead atoms. The van der Waals surface area contributed by atoms with E-state index < -0.39 is 0 Å². The second-order valence-electron chi connectivity index (χ2n) is 3.24. The molecule has 1 aromatic rings. The molecule has 0 spiro atoms. The van der Waals surface area contributed by atoms with E-state index in [1.165, 1.54) is 0 Å². The van der Waals surface area contributed by atoms with Gasteiger partial charge in [-0.15, -0.1) is 6.42 Å². The van der Waals surface area contributed by atoms with Crippen molar-refractivity contribution >= 4 is 15.9 Å². The summed E-state index contributed by atoms with van der Waals surface area (Å²) in [6, 6.07) is 0.0807. The number of rotatable bonds is 3. The fourth-order valence-corrected chi connectivity index (χ4v) is 1.66. The predicted octanol–water partition coefficient (Wildman–Crippen LogP) is 1.60. The number of halogens is 1. The van der Waals surface area contributed by atoms with E-state index in [2.05, 4.69) is 32.3 Å². The molecule has 0 fully saturated rings. The highest BCUT2D eigenvalue weighted by molar-refractivity contribution is 9.10. The summed E-state index contributed by atoms with van der Waals surface area (Å²) in [5.41, 5.74) is 2.11. The van der Waals surface area contributed by atoms with Crippen LogP contribution in [0.1, 0.15) is 18.3 Å². The van der Waals surface area contributed by atoms with Gasteiger partial charge in [0, 0.05) is 13.6 Å². The number of nitrogens with one attached hydrogen (secondary N) is 1. The van der Waals surface area contributed by atoms with Crippen molar-refractivity contribution in [1.29, 1.82) is 0 Å². The lowest BCUT2D eigenvalue weighted by atomic mass is 10.3. The fourth-order valence-electron chi connectivity index (χ4n) is 1.18. The molecule has 1 heterocycles.